The summed E-state index contributed by atoms with van der Waals surface area (Å²) < 4.78 is 37.8. The number of anilines is 1. The van der Waals surface area contributed by atoms with E-state index >= 15 is 0 Å². The molecular formula is C23H30N2O5S. The number of hydrogen-bond acceptors (Lipinski definition) is 5. The van der Waals surface area contributed by atoms with Crippen molar-refractivity contribution in [3.8, 4) is 11.5 Å². The first-order valence-corrected chi connectivity index (χ1v) is 12.1. The SMILES string of the molecule is CC[C@H](NC(=O)CN(c1ccc2c(c1)OCCO2)S(=O)(=O)CC)c1ccc(C)cc1C. The smallest absolute Gasteiger partial charge is 0.241 e. The van der Waals surface area contributed by atoms with E-state index in [4.69, 9.17) is 9.47 Å². The molecule has 2 aromatic rings. The minimum Gasteiger partial charge on any atom is -0.486 e. The molecule has 168 valence electrons. The first kappa shape index (κ1) is 22.9. The van der Waals surface area contributed by atoms with Crippen LogP contribution in [0, 0.1) is 13.8 Å². The van der Waals surface area contributed by atoms with Gasteiger partial charge in [0.15, 0.2) is 11.5 Å². The van der Waals surface area contributed by atoms with Crippen molar-refractivity contribution < 1.29 is 22.7 Å². The highest BCUT2D eigenvalue weighted by atomic mass is 32.2. The van der Waals surface area contributed by atoms with Crippen molar-refractivity contribution in [3.05, 3.63) is 53.1 Å². The van der Waals surface area contributed by atoms with Gasteiger partial charge in [-0.2, -0.15) is 0 Å². The molecule has 0 radical (unpaired) electrons. The molecule has 1 atom stereocenters. The molecule has 2 aromatic carbocycles. The van der Waals surface area contributed by atoms with Gasteiger partial charge in [-0.1, -0.05) is 30.7 Å². The molecular weight excluding hydrogens is 416 g/mol. The van der Waals surface area contributed by atoms with Gasteiger partial charge in [-0.15, -0.1) is 0 Å². The topological polar surface area (TPSA) is 84.9 Å². The summed E-state index contributed by atoms with van der Waals surface area (Å²) in [6.45, 7) is 8.12. The molecule has 1 heterocycles. The van der Waals surface area contributed by atoms with Crippen LogP contribution in [-0.2, 0) is 14.8 Å². The number of ether oxygens (including phenoxy) is 2. The minimum absolute atomic E-state index is 0.122. The summed E-state index contributed by atoms with van der Waals surface area (Å²) in [6.07, 6.45) is 0.695. The van der Waals surface area contributed by atoms with Crippen molar-refractivity contribution in [2.24, 2.45) is 0 Å². The van der Waals surface area contributed by atoms with Crippen molar-refractivity contribution in [1.29, 1.82) is 0 Å². The summed E-state index contributed by atoms with van der Waals surface area (Å²) in [5.41, 5.74) is 3.66. The molecule has 0 aromatic heterocycles. The average Bonchev–Trinajstić information content (AvgIpc) is 2.75. The maximum Gasteiger partial charge on any atom is 0.241 e. The van der Waals surface area contributed by atoms with E-state index in [0.29, 0.717) is 36.8 Å². The zero-order valence-corrected chi connectivity index (χ0v) is 19.3. The van der Waals surface area contributed by atoms with Gasteiger partial charge in [0.2, 0.25) is 15.9 Å². The first-order valence-electron chi connectivity index (χ1n) is 10.5. The number of rotatable bonds is 8. The van der Waals surface area contributed by atoms with E-state index in [1.807, 2.05) is 32.9 Å². The van der Waals surface area contributed by atoms with Crippen molar-refractivity contribution in [2.75, 3.05) is 29.8 Å². The van der Waals surface area contributed by atoms with E-state index in [1.165, 1.54) is 0 Å². The van der Waals surface area contributed by atoms with E-state index in [2.05, 4.69) is 11.4 Å². The molecule has 8 heteroatoms. The summed E-state index contributed by atoms with van der Waals surface area (Å²) in [7, 11) is -3.68. The van der Waals surface area contributed by atoms with E-state index < -0.39 is 10.0 Å². The van der Waals surface area contributed by atoms with Crippen LogP contribution in [0.5, 0.6) is 11.5 Å². The number of nitrogens with zero attached hydrogens (tertiary/aromatic N) is 1. The largest absolute Gasteiger partial charge is 0.486 e. The van der Waals surface area contributed by atoms with Crippen LogP contribution in [0.4, 0.5) is 5.69 Å². The normalized spacial score (nSPS) is 14.1. The highest BCUT2D eigenvalue weighted by Gasteiger charge is 2.26. The number of hydrogen-bond donors (Lipinski definition) is 1. The molecule has 0 unspecified atom stereocenters. The quantitative estimate of drug-likeness (QED) is 0.671. The lowest BCUT2D eigenvalue weighted by Gasteiger charge is -2.27. The number of sulfonamides is 1. The summed E-state index contributed by atoms with van der Waals surface area (Å²) in [4.78, 5) is 12.9. The van der Waals surface area contributed by atoms with Gasteiger partial charge in [0.05, 0.1) is 17.5 Å². The molecule has 3 rings (SSSR count). The molecule has 1 N–H and O–H groups in total. The minimum atomic E-state index is -3.68. The van der Waals surface area contributed by atoms with Gasteiger partial charge < -0.3 is 14.8 Å². The highest BCUT2D eigenvalue weighted by molar-refractivity contribution is 7.92. The number of benzene rings is 2. The molecule has 0 fully saturated rings. The molecule has 0 aliphatic carbocycles. The second kappa shape index (κ2) is 9.60. The Morgan fingerprint density at radius 3 is 2.42 bits per heavy atom. The van der Waals surface area contributed by atoms with Crippen LogP contribution in [-0.4, -0.2) is 39.8 Å². The predicted octanol–water partition coefficient (Wildman–Crippen LogP) is 3.50. The Bertz CT molecular complexity index is 1050. The van der Waals surface area contributed by atoms with Crippen LogP contribution in [0.3, 0.4) is 0 Å². The van der Waals surface area contributed by atoms with Crippen LogP contribution in [0.1, 0.15) is 43.0 Å². The third kappa shape index (κ3) is 5.31. The lowest BCUT2D eigenvalue weighted by Crippen LogP contribution is -2.42. The lowest BCUT2D eigenvalue weighted by atomic mass is 9.97. The highest BCUT2D eigenvalue weighted by Crippen LogP contribution is 2.35. The van der Waals surface area contributed by atoms with Crippen LogP contribution < -0.4 is 19.1 Å². The molecule has 7 nitrogen and oxygen atoms in total. The maximum absolute atomic E-state index is 12.9. The standard InChI is InChI=1S/C23H30N2O5S/c1-5-20(19-9-7-16(3)13-17(19)4)24-23(26)15-25(31(27,28)6-2)18-8-10-21-22(14-18)30-12-11-29-21/h7-10,13-14,20H,5-6,11-12,15H2,1-4H3,(H,24,26)/t20-/m0/s1. The Labute approximate surface area is 184 Å². The van der Waals surface area contributed by atoms with Crippen molar-refractivity contribution in [3.63, 3.8) is 0 Å². The Morgan fingerprint density at radius 1 is 1.06 bits per heavy atom. The molecule has 0 saturated heterocycles. The van der Waals surface area contributed by atoms with Crippen LogP contribution >= 0.6 is 0 Å². The number of carbonyl (C=O) groups excluding carboxylic acids is 1. The summed E-state index contributed by atoms with van der Waals surface area (Å²) in [5.74, 6) is 0.554. The van der Waals surface area contributed by atoms with Gasteiger partial charge in [0.25, 0.3) is 0 Å². The average molecular weight is 447 g/mol. The molecule has 1 aliphatic rings. The molecule has 1 amide bonds. The third-order valence-electron chi connectivity index (χ3n) is 5.35. The fourth-order valence-corrected chi connectivity index (χ4v) is 4.74. The van der Waals surface area contributed by atoms with Crippen molar-refractivity contribution in [2.45, 2.75) is 40.2 Å². The van der Waals surface area contributed by atoms with Gasteiger partial charge in [0, 0.05) is 6.07 Å². The summed E-state index contributed by atoms with van der Waals surface area (Å²) in [6, 6.07) is 10.8. The zero-order valence-electron chi connectivity index (χ0n) is 18.5. The summed E-state index contributed by atoms with van der Waals surface area (Å²) >= 11 is 0. The molecule has 0 saturated carbocycles. The van der Waals surface area contributed by atoms with Gasteiger partial charge >= 0.3 is 0 Å². The van der Waals surface area contributed by atoms with Crippen LogP contribution in [0.25, 0.3) is 0 Å². The number of carbonyl (C=O) groups is 1. The maximum atomic E-state index is 12.9. The Morgan fingerprint density at radius 2 is 1.77 bits per heavy atom. The Kier molecular flexibility index (Phi) is 7.10. The van der Waals surface area contributed by atoms with E-state index in [9.17, 15) is 13.2 Å². The van der Waals surface area contributed by atoms with Gasteiger partial charge in [-0.25, -0.2) is 8.42 Å². The number of amides is 1. The molecule has 0 bridgehead atoms. The molecule has 1 aliphatic heterocycles. The second-order valence-electron chi connectivity index (χ2n) is 7.62. The van der Waals surface area contributed by atoms with Crippen molar-refractivity contribution in [1.82, 2.24) is 5.32 Å². The number of nitrogens with one attached hydrogen (secondary N) is 1. The zero-order chi connectivity index (χ0) is 22.6. The van der Waals surface area contributed by atoms with Gasteiger partial charge in [0.1, 0.15) is 19.8 Å². The second-order valence-corrected chi connectivity index (χ2v) is 9.81. The fourth-order valence-electron chi connectivity index (χ4n) is 3.68. The Hall–Kier alpha value is -2.74. The third-order valence-corrected chi connectivity index (χ3v) is 7.09. The molecule has 0 spiro atoms. The van der Waals surface area contributed by atoms with Crippen LogP contribution in [0.2, 0.25) is 0 Å². The van der Waals surface area contributed by atoms with E-state index in [1.54, 1.807) is 25.1 Å². The summed E-state index contributed by atoms with van der Waals surface area (Å²) in [5, 5.41) is 3.00. The number of fused-ring (bicyclic) bond motifs is 1. The number of aryl methyl sites for hydroxylation is 2. The van der Waals surface area contributed by atoms with Crippen molar-refractivity contribution >= 4 is 21.6 Å². The first-order chi connectivity index (χ1) is 14.7. The lowest BCUT2D eigenvalue weighted by molar-refractivity contribution is -0.120. The monoisotopic (exact) mass is 446 g/mol. The van der Waals surface area contributed by atoms with Gasteiger partial charge in [-0.05, 0) is 50.5 Å². The van der Waals surface area contributed by atoms with Crippen LogP contribution in [0.15, 0.2) is 36.4 Å². The molecule has 31 heavy (non-hydrogen) atoms. The fraction of sp³-hybridized carbons (Fsp3) is 0.435. The van der Waals surface area contributed by atoms with Gasteiger partial charge in [-0.3, -0.25) is 9.10 Å². The Balaban J connectivity index is 1.83. The van der Waals surface area contributed by atoms with E-state index in [0.717, 1.165) is 21.0 Å². The van der Waals surface area contributed by atoms with E-state index in [-0.39, 0.29) is 24.2 Å². The predicted molar refractivity (Wildman–Crippen MR) is 121 cm³/mol.